The van der Waals surface area contributed by atoms with Crippen molar-refractivity contribution in [3.05, 3.63) is 65.1 Å². The molecule has 2 N–H and O–H groups in total. The second-order valence-electron chi connectivity index (χ2n) is 12.4. The molecule has 0 aromatic heterocycles. The third-order valence-corrected chi connectivity index (χ3v) is 9.16. The number of nitro benzene ring substituents is 1. The van der Waals surface area contributed by atoms with Crippen molar-refractivity contribution in [3.63, 3.8) is 0 Å². The van der Waals surface area contributed by atoms with Crippen LogP contribution < -0.4 is 15.5 Å². The minimum atomic E-state index is -0.341. The number of anilines is 3. The summed E-state index contributed by atoms with van der Waals surface area (Å²) in [5.41, 5.74) is 10.6. The molecule has 0 unspecified atom stereocenters. The number of halogens is 1. The Morgan fingerprint density at radius 2 is 1.08 bits per heavy atom. The number of carbonyl (C=O) groups is 2. The molecule has 4 heterocycles. The van der Waals surface area contributed by atoms with E-state index >= 15 is 0 Å². The first-order chi connectivity index (χ1) is 22.4. The molecule has 0 bridgehead atoms. The number of carbonyl (C=O) groups excluding carboxylic acids is 2. The summed E-state index contributed by atoms with van der Waals surface area (Å²) in [5.74, 6) is 0.159. The van der Waals surface area contributed by atoms with Crippen LogP contribution in [0.4, 0.5) is 22.7 Å². The second kappa shape index (κ2) is 21.3. The quantitative estimate of drug-likeness (QED) is 0.141. The maximum absolute atomic E-state index is 12.3. The average Bonchev–Trinajstić information content (AvgIpc) is 3.10. The van der Waals surface area contributed by atoms with Gasteiger partial charge in [0.15, 0.2) is 0 Å². The van der Waals surface area contributed by atoms with Gasteiger partial charge in [0.2, 0.25) is 11.8 Å². The SMILES string of the molecule is Cl.Nc1cc(CC(=O)N2CCOCC2)ccc1N1CCCCC1.O=C(Cc1ccc(N2CCCCC2)c([N+](=O)[O-])c1)N1CCOCC1.[CH3-].[Pd]. The van der Waals surface area contributed by atoms with Crippen LogP contribution in [0.1, 0.15) is 49.7 Å². The molecule has 0 atom stereocenters. The number of nitrogens with zero attached hydrogens (tertiary/aromatic N) is 5. The van der Waals surface area contributed by atoms with Gasteiger partial charge >= 0.3 is 0 Å². The Morgan fingerprint density at radius 1 is 0.673 bits per heavy atom. The van der Waals surface area contributed by atoms with E-state index in [1.165, 1.54) is 25.7 Å². The van der Waals surface area contributed by atoms with Crippen molar-refractivity contribution in [1.29, 1.82) is 0 Å². The van der Waals surface area contributed by atoms with Gasteiger partial charge < -0.3 is 42.2 Å². The van der Waals surface area contributed by atoms with Gasteiger partial charge in [-0.3, -0.25) is 19.7 Å². The summed E-state index contributed by atoms with van der Waals surface area (Å²) in [5, 5.41) is 11.5. The summed E-state index contributed by atoms with van der Waals surface area (Å²) < 4.78 is 10.5. The molecule has 4 aliphatic rings. The van der Waals surface area contributed by atoms with E-state index in [4.69, 9.17) is 15.2 Å². The molecule has 14 heteroatoms. The number of nitro groups is 1. The zero-order chi connectivity index (χ0) is 32.3. The number of hydrogen-bond donors (Lipinski definition) is 1. The summed E-state index contributed by atoms with van der Waals surface area (Å²) in [6, 6.07) is 11.3. The monoisotopic (exact) mass is 793 g/mol. The number of hydrogen-bond acceptors (Lipinski definition) is 9. The molecule has 2 amide bonds. The average molecular weight is 795 g/mol. The van der Waals surface area contributed by atoms with E-state index in [9.17, 15) is 19.7 Å². The first-order valence-electron chi connectivity index (χ1n) is 16.8. The van der Waals surface area contributed by atoms with E-state index in [2.05, 4.69) is 15.9 Å². The molecule has 276 valence electrons. The summed E-state index contributed by atoms with van der Waals surface area (Å²) in [4.78, 5) is 43.8. The number of benzene rings is 2. The van der Waals surface area contributed by atoms with Crippen LogP contribution in [0.3, 0.4) is 0 Å². The molecule has 4 fully saturated rings. The fourth-order valence-corrected chi connectivity index (χ4v) is 6.56. The predicted molar refractivity (Wildman–Crippen MR) is 192 cm³/mol. The molecular weight excluding hydrogens is 742 g/mol. The van der Waals surface area contributed by atoms with E-state index < -0.39 is 0 Å². The number of morpholine rings is 2. The van der Waals surface area contributed by atoms with E-state index in [0.717, 1.165) is 56.0 Å². The number of piperidine rings is 2. The van der Waals surface area contributed by atoms with Crippen LogP contribution >= 0.6 is 12.4 Å². The van der Waals surface area contributed by atoms with Gasteiger partial charge in [0.05, 0.1) is 55.6 Å². The Morgan fingerprint density at radius 3 is 1.51 bits per heavy atom. The van der Waals surface area contributed by atoms with E-state index in [0.29, 0.717) is 70.3 Å². The van der Waals surface area contributed by atoms with Crippen LogP contribution in [0, 0.1) is 17.5 Å². The number of amides is 2. The van der Waals surface area contributed by atoms with Gasteiger partial charge in [-0.1, -0.05) is 12.1 Å². The Hall–Kier alpha value is -2.95. The first-order valence-corrected chi connectivity index (χ1v) is 16.8. The number of nitrogen functional groups attached to an aromatic ring is 1. The topological polar surface area (TPSA) is 135 Å². The van der Waals surface area contributed by atoms with Gasteiger partial charge in [0.25, 0.3) is 5.69 Å². The minimum absolute atomic E-state index is 0. The fourth-order valence-electron chi connectivity index (χ4n) is 6.56. The molecule has 0 spiro atoms. The molecule has 12 nitrogen and oxygen atoms in total. The smallest absolute Gasteiger partial charge is 0.292 e. The van der Waals surface area contributed by atoms with Gasteiger partial charge in [-0.05, 0) is 67.9 Å². The number of nitrogens with two attached hydrogens (primary N) is 1. The van der Waals surface area contributed by atoms with Crippen molar-refractivity contribution >= 4 is 47.0 Å². The Kier molecular flexibility index (Phi) is 18.4. The van der Waals surface area contributed by atoms with Gasteiger partial charge in [-0.15, -0.1) is 12.4 Å². The molecule has 49 heavy (non-hydrogen) atoms. The van der Waals surface area contributed by atoms with Gasteiger partial charge in [0, 0.05) is 78.8 Å². The van der Waals surface area contributed by atoms with Crippen molar-refractivity contribution in [1.82, 2.24) is 9.80 Å². The molecule has 4 aliphatic heterocycles. The van der Waals surface area contributed by atoms with Crippen molar-refractivity contribution in [3.8, 4) is 0 Å². The predicted octanol–water partition coefficient (Wildman–Crippen LogP) is 4.52. The molecule has 2 aromatic carbocycles. The van der Waals surface area contributed by atoms with Gasteiger partial charge in [-0.2, -0.15) is 0 Å². The largest absolute Gasteiger partial charge is 0.397 e. The van der Waals surface area contributed by atoms with Crippen LogP contribution in [-0.2, 0) is 52.3 Å². The molecule has 6 rings (SSSR count). The maximum atomic E-state index is 12.3. The van der Waals surface area contributed by atoms with Crippen molar-refractivity contribution in [2.75, 3.05) is 94.3 Å². The summed E-state index contributed by atoms with van der Waals surface area (Å²) in [7, 11) is 0. The van der Waals surface area contributed by atoms with Gasteiger partial charge in [-0.25, -0.2) is 0 Å². The molecular formula is C35H52ClN6O6Pd-. The molecule has 2 aromatic rings. The third kappa shape index (κ3) is 12.1. The molecule has 0 aliphatic carbocycles. The zero-order valence-electron chi connectivity index (χ0n) is 28.6. The Bertz CT molecular complexity index is 1350. The second-order valence-corrected chi connectivity index (χ2v) is 12.4. The number of rotatable bonds is 7. The van der Waals surface area contributed by atoms with E-state index in [-0.39, 0.29) is 69.1 Å². The van der Waals surface area contributed by atoms with Crippen LogP contribution in [-0.4, -0.2) is 105 Å². The first kappa shape index (κ1) is 42.2. The molecule has 0 saturated carbocycles. The molecule has 4 saturated heterocycles. The van der Waals surface area contributed by atoms with Crippen molar-refractivity contribution in [2.24, 2.45) is 0 Å². The van der Waals surface area contributed by atoms with E-state index in [1.807, 2.05) is 23.1 Å². The van der Waals surface area contributed by atoms with Crippen molar-refractivity contribution < 1.29 is 44.4 Å². The molecule has 0 radical (unpaired) electrons. The zero-order valence-corrected chi connectivity index (χ0v) is 31.0. The Balaban J connectivity index is 0.000000321. The summed E-state index contributed by atoms with van der Waals surface area (Å²) in [6.07, 6.45) is 7.70. The van der Waals surface area contributed by atoms with Crippen LogP contribution in [0.15, 0.2) is 36.4 Å². The maximum Gasteiger partial charge on any atom is 0.292 e. The van der Waals surface area contributed by atoms with E-state index in [1.54, 1.807) is 17.0 Å². The Labute approximate surface area is 310 Å². The fraction of sp³-hybridized carbons (Fsp3) is 0.571. The van der Waals surface area contributed by atoms with Crippen LogP contribution in [0.25, 0.3) is 0 Å². The van der Waals surface area contributed by atoms with Crippen LogP contribution in [0.5, 0.6) is 0 Å². The van der Waals surface area contributed by atoms with Crippen LogP contribution in [0.2, 0.25) is 0 Å². The minimum Gasteiger partial charge on any atom is -0.397 e. The summed E-state index contributed by atoms with van der Waals surface area (Å²) in [6.45, 7) is 8.83. The third-order valence-electron chi connectivity index (χ3n) is 9.16. The van der Waals surface area contributed by atoms with Crippen molar-refractivity contribution in [2.45, 2.75) is 51.4 Å². The summed E-state index contributed by atoms with van der Waals surface area (Å²) >= 11 is 0. The number of ether oxygens (including phenoxy) is 2. The normalized spacial score (nSPS) is 17.7. The standard InChI is InChI=1S/C17H23N3O4.C17H25N3O2.CH3.ClH.Pd/c21-17(19-8-10-24-11-9-19)13-14-4-5-15(16(12-14)20(22)23)18-6-2-1-3-7-18;18-15-12-14(13-17(21)20-8-10-22-11-9-20)4-5-16(15)19-6-2-1-3-7-19;;;/h4-5,12H,1-3,6-11,13H2;4-5,12H,1-3,6-11,13,18H2;1H3;1H;/q;;-1;;. The van der Waals surface area contributed by atoms with Gasteiger partial charge in [0.1, 0.15) is 5.69 Å².